The van der Waals surface area contributed by atoms with Crippen LogP contribution in [-0.2, 0) is 0 Å². The third-order valence-corrected chi connectivity index (χ3v) is 5.76. The molecule has 1 aliphatic heterocycles. The van der Waals surface area contributed by atoms with Crippen molar-refractivity contribution in [3.05, 3.63) is 0 Å². The zero-order chi connectivity index (χ0) is 14.6. The predicted octanol–water partition coefficient (Wildman–Crippen LogP) is 4.04. The van der Waals surface area contributed by atoms with Gasteiger partial charge in [-0.05, 0) is 56.4 Å². The first-order valence-corrected chi connectivity index (χ1v) is 9.04. The highest BCUT2D eigenvalue weighted by Crippen LogP contribution is 2.41. The number of likely N-dealkylation sites (tertiary alicyclic amines) is 1. The number of hydrogen-bond donors (Lipinski definition) is 1. The minimum absolute atomic E-state index is 0.348. The summed E-state index contributed by atoms with van der Waals surface area (Å²) in [5, 5.41) is 0. The maximum Gasteiger partial charge on any atom is 0.0334 e. The standard InChI is InChI=1S/C18H36N2/c1-4-6-16-8-10-20(13-16)18(14-19)9-5-7-17(12-18)11-15(2)3/h15-17H,4-14,19H2,1-3H3. The van der Waals surface area contributed by atoms with E-state index in [4.69, 9.17) is 5.73 Å². The van der Waals surface area contributed by atoms with Crippen LogP contribution >= 0.6 is 0 Å². The van der Waals surface area contributed by atoms with Crippen LogP contribution in [0, 0.1) is 17.8 Å². The van der Waals surface area contributed by atoms with E-state index in [1.807, 2.05) is 0 Å². The molecule has 0 spiro atoms. The van der Waals surface area contributed by atoms with Crippen molar-refractivity contribution in [2.45, 2.75) is 77.7 Å². The van der Waals surface area contributed by atoms with E-state index in [0.29, 0.717) is 5.54 Å². The van der Waals surface area contributed by atoms with Crippen molar-refractivity contribution in [3.8, 4) is 0 Å². The molecule has 0 aromatic heterocycles. The van der Waals surface area contributed by atoms with Gasteiger partial charge in [-0.2, -0.15) is 0 Å². The van der Waals surface area contributed by atoms with E-state index in [9.17, 15) is 0 Å². The monoisotopic (exact) mass is 280 g/mol. The molecular weight excluding hydrogens is 244 g/mol. The molecule has 0 aromatic carbocycles. The normalized spacial score (nSPS) is 35.9. The van der Waals surface area contributed by atoms with Gasteiger partial charge in [0.1, 0.15) is 0 Å². The molecule has 1 saturated heterocycles. The van der Waals surface area contributed by atoms with Crippen LogP contribution in [0.1, 0.15) is 72.1 Å². The van der Waals surface area contributed by atoms with Crippen molar-refractivity contribution in [1.29, 1.82) is 0 Å². The minimum atomic E-state index is 0.348. The van der Waals surface area contributed by atoms with Crippen LogP contribution in [0.3, 0.4) is 0 Å². The first-order valence-electron chi connectivity index (χ1n) is 9.04. The van der Waals surface area contributed by atoms with Crippen LogP contribution in [0.15, 0.2) is 0 Å². The van der Waals surface area contributed by atoms with Gasteiger partial charge in [-0.15, -0.1) is 0 Å². The third-order valence-electron chi connectivity index (χ3n) is 5.76. The molecule has 0 radical (unpaired) electrons. The lowest BCUT2D eigenvalue weighted by Crippen LogP contribution is -2.55. The maximum atomic E-state index is 6.29. The molecule has 20 heavy (non-hydrogen) atoms. The predicted molar refractivity (Wildman–Crippen MR) is 87.8 cm³/mol. The number of nitrogens with zero attached hydrogens (tertiary/aromatic N) is 1. The van der Waals surface area contributed by atoms with E-state index < -0.39 is 0 Å². The van der Waals surface area contributed by atoms with Crippen LogP contribution in [0.2, 0.25) is 0 Å². The summed E-state index contributed by atoms with van der Waals surface area (Å²) in [6.45, 7) is 10.6. The molecule has 0 bridgehead atoms. The van der Waals surface area contributed by atoms with Gasteiger partial charge in [0.2, 0.25) is 0 Å². The smallest absolute Gasteiger partial charge is 0.0334 e. The summed E-state index contributed by atoms with van der Waals surface area (Å²) >= 11 is 0. The Morgan fingerprint density at radius 3 is 2.70 bits per heavy atom. The lowest BCUT2D eigenvalue weighted by atomic mass is 9.72. The molecule has 3 unspecified atom stereocenters. The van der Waals surface area contributed by atoms with Crippen LogP contribution in [0.4, 0.5) is 0 Å². The summed E-state index contributed by atoms with van der Waals surface area (Å²) in [7, 11) is 0. The van der Waals surface area contributed by atoms with E-state index in [-0.39, 0.29) is 0 Å². The van der Waals surface area contributed by atoms with Gasteiger partial charge in [-0.1, -0.05) is 40.0 Å². The highest BCUT2D eigenvalue weighted by Gasteiger charge is 2.42. The second-order valence-corrected chi connectivity index (χ2v) is 7.91. The Morgan fingerprint density at radius 1 is 1.25 bits per heavy atom. The summed E-state index contributed by atoms with van der Waals surface area (Å²) in [5.74, 6) is 2.69. The fourth-order valence-corrected chi connectivity index (χ4v) is 4.84. The molecule has 0 amide bonds. The molecule has 1 heterocycles. The van der Waals surface area contributed by atoms with Crippen molar-refractivity contribution in [1.82, 2.24) is 4.90 Å². The summed E-state index contributed by atoms with van der Waals surface area (Å²) < 4.78 is 0. The summed E-state index contributed by atoms with van der Waals surface area (Å²) in [6.07, 6.45) is 11.1. The first kappa shape index (κ1) is 16.3. The summed E-state index contributed by atoms with van der Waals surface area (Å²) in [4.78, 5) is 2.79. The molecule has 2 N–H and O–H groups in total. The SMILES string of the molecule is CCCC1CCN(C2(CN)CCCC(CC(C)C)C2)C1. The van der Waals surface area contributed by atoms with Crippen molar-refractivity contribution < 1.29 is 0 Å². The van der Waals surface area contributed by atoms with Crippen molar-refractivity contribution >= 4 is 0 Å². The highest BCUT2D eigenvalue weighted by atomic mass is 15.2. The molecule has 0 aromatic rings. The van der Waals surface area contributed by atoms with Gasteiger partial charge in [-0.25, -0.2) is 0 Å². The molecule has 1 aliphatic carbocycles. The van der Waals surface area contributed by atoms with Crippen molar-refractivity contribution in [2.24, 2.45) is 23.5 Å². The van der Waals surface area contributed by atoms with Gasteiger partial charge in [0.05, 0.1) is 0 Å². The van der Waals surface area contributed by atoms with Crippen LogP contribution in [-0.4, -0.2) is 30.1 Å². The van der Waals surface area contributed by atoms with Gasteiger partial charge in [0.15, 0.2) is 0 Å². The number of hydrogen-bond acceptors (Lipinski definition) is 2. The Morgan fingerprint density at radius 2 is 2.05 bits per heavy atom. The molecule has 2 rings (SSSR count). The molecule has 2 fully saturated rings. The highest BCUT2D eigenvalue weighted by molar-refractivity contribution is 4.99. The molecular formula is C18H36N2. The third kappa shape index (κ3) is 3.76. The van der Waals surface area contributed by atoms with E-state index in [1.165, 1.54) is 64.5 Å². The molecule has 118 valence electrons. The van der Waals surface area contributed by atoms with Crippen molar-refractivity contribution in [3.63, 3.8) is 0 Å². The van der Waals surface area contributed by atoms with E-state index in [1.54, 1.807) is 0 Å². The van der Waals surface area contributed by atoms with Crippen LogP contribution in [0.25, 0.3) is 0 Å². The first-order chi connectivity index (χ1) is 9.59. The molecule has 2 heteroatoms. The molecule has 2 nitrogen and oxygen atoms in total. The fourth-order valence-electron chi connectivity index (χ4n) is 4.84. The second kappa shape index (κ2) is 7.26. The Labute approximate surface area is 126 Å². The second-order valence-electron chi connectivity index (χ2n) is 7.91. The maximum absolute atomic E-state index is 6.29. The van der Waals surface area contributed by atoms with Crippen molar-refractivity contribution in [2.75, 3.05) is 19.6 Å². The Kier molecular flexibility index (Phi) is 5.92. The minimum Gasteiger partial charge on any atom is -0.329 e. The summed E-state index contributed by atoms with van der Waals surface area (Å²) in [5.41, 5.74) is 6.64. The number of nitrogens with two attached hydrogens (primary N) is 1. The van der Waals surface area contributed by atoms with Gasteiger partial charge >= 0.3 is 0 Å². The van der Waals surface area contributed by atoms with E-state index in [0.717, 1.165) is 24.3 Å². The van der Waals surface area contributed by atoms with Crippen LogP contribution < -0.4 is 5.73 Å². The quantitative estimate of drug-likeness (QED) is 0.795. The summed E-state index contributed by atoms with van der Waals surface area (Å²) in [6, 6.07) is 0. The molecule has 2 aliphatic rings. The van der Waals surface area contributed by atoms with Gasteiger partial charge in [0, 0.05) is 18.6 Å². The lowest BCUT2D eigenvalue weighted by Gasteiger charge is -2.47. The Bertz CT molecular complexity index is 289. The van der Waals surface area contributed by atoms with Gasteiger partial charge in [0.25, 0.3) is 0 Å². The lowest BCUT2D eigenvalue weighted by molar-refractivity contribution is 0.0470. The zero-order valence-electron chi connectivity index (χ0n) is 14.0. The van der Waals surface area contributed by atoms with E-state index in [2.05, 4.69) is 25.7 Å². The Hall–Kier alpha value is -0.0800. The van der Waals surface area contributed by atoms with Gasteiger partial charge in [-0.3, -0.25) is 4.90 Å². The zero-order valence-corrected chi connectivity index (χ0v) is 14.0. The fraction of sp³-hybridized carbons (Fsp3) is 1.00. The topological polar surface area (TPSA) is 29.3 Å². The van der Waals surface area contributed by atoms with Gasteiger partial charge < -0.3 is 5.73 Å². The molecule has 1 saturated carbocycles. The Balaban J connectivity index is 1.98. The molecule has 3 atom stereocenters. The average molecular weight is 280 g/mol. The number of rotatable bonds is 6. The van der Waals surface area contributed by atoms with Crippen LogP contribution in [0.5, 0.6) is 0 Å². The average Bonchev–Trinajstić information content (AvgIpc) is 2.88. The largest absolute Gasteiger partial charge is 0.329 e. The van der Waals surface area contributed by atoms with E-state index >= 15 is 0 Å².